The Morgan fingerprint density at radius 2 is 2.11 bits per heavy atom. The molecule has 1 aromatic rings. The highest BCUT2D eigenvalue weighted by Crippen LogP contribution is 2.61. The molecule has 5 rings (SSSR count). The summed E-state index contributed by atoms with van der Waals surface area (Å²) in [5.74, 6) is 1.65. The first kappa shape index (κ1) is 19.9. The van der Waals surface area contributed by atoms with Crippen molar-refractivity contribution in [2.45, 2.75) is 71.4 Å². The van der Waals surface area contributed by atoms with Gasteiger partial charge in [-0.1, -0.05) is 20.8 Å². The summed E-state index contributed by atoms with van der Waals surface area (Å²) in [6.07, 6.45) is 6.19. The van der Waals surface area contributed by atoms with E-state index in [0.29, 0.717) is 41.3 Å². The molecular formula is C21H30BrN3O3. The summed E-state index contributed by atoms with van der Waals surface area (Å²) in [7, 11) is 0. The first-order chi connectivity index (χ1) is 13.2. The van der Waals surface area contributed by atoms with E-state index >= 15 is 0 Å². The molecule has 0 amide bonds. The second-order valence-corrected chi connectivity index (χ2v) is 10.2. The van der Waals surface area contributed by atoms with Gasteiger partial charge in [-0.25, -0.2) is 9.48 Å². The van der Waals surface area contributed by atoms with Crippen molar-refractivity contribution in [2.24, 2.45) is 23.2 Å². The second kappa shape index (κ2) is 6.85. The van der Waals surface area contributed by atoms with Crippen molar-refractivity contribution in [1.82, 2.24) is 9.78 Å². The molecule has 7 heteroatoms. The minimum atomic E-state index is -0.947. The lowest BCUT2D eigenvalue weighted by Crippen LogP contribution is -2.58. The van der Waals surface area contributed by atoms with Gasteiger partial charge >= 0.3 is 5.97 Å². The molecule has 1 N–H and O–H groups in total. The fraction of sp³-hybridized carbons (Fsp3) is 0.762. The third-order valence-corrected chi connectivity index (χ3v) is 8.62. The van der Waals surface area contributed by atoms with Crippen LogP contribution in [0.5, 0.6) is 0 Å². The van der Waals surface area contributed by atoms with Crippen molar-refractivity contribution < 1.29 is 9.53 Å². The summed E-state index contributed by atoms with van der Waals surface area (Å²) in [5, 5.41) is 7.97. The van der Waals surface area contributed by atoms with E-state index in [-0.39, 0.29) is 11.5 Å². The maximum atomic E-state index is 13.0. The molecule has 0 spiro atoms. The Hall–Kier alpha value is -1.37. The molecule has 4 aliphatic carbocycles. The number of carbonyl (C=O) groups excluding carboxylic acids is 1. The average Bonchev–Trinajstić information content (AvgIpc) is 2.61. The van der Waals surface area contributed by atoms with E-state index in [1.54, 1.807) is 13.1 Å². The van der Waals surface area contributed by atoms with E-state index < -0.39 is 5.54 Å². The highest BCUT2D eigenvalue weighted by atomic mass is 79.9. The van der Waals surface area contributed by atoms with E-state index in [4.69, 9.17) is 4.74 Å². The van der Waals surface area contributed by atoms with Crippen LogP contribution in [0.15, 0.2) is 15.5 Å². The molecule has 0 unspecified atom stereocenters. The molecule has 0 radical (unpaired) electrons. The van der Waals surface area contributed by atoms with Crippen LogP contribution in [0.1, 0.15) is 59.8 Å². The Balaban J connectivity index is 1.57. The maximum absolute atomic E-state index is 13.0. The zero-order chi connectivity index (χ0) is 20.3. The third kappa shape index (κ3) is 2.76. The van der Waals surface area contributed by atoms with Gasteiger partial charge in [0.1, 0.15) is 4.47 Å². The van der Waals surface area contributed by atoms with Gasteiger partial charge < -0.3 is 10.1 Å². The van der Waals surface area contributed by atoms with Gasteiger partial charge in [-0.3, -0.25) is 4.79 Å². The molecular weight excluding hydrogens is 422 g/mol. The van der Waals surface area contributed by atoms with E-state index in [0.717, 1.165) is 30.4 Å². The smallest absolute Gasteiger partial charge is 0.334 e. The lowest BCUT2D eigenvalue weighted by Gasteiger charge is -2.62. The Labute approximate surface area is 174 Å². The molecule has 154 valence electrons. The number of anilines is 1. The SMILES string of the molecule is CCOC(=O)C1(n2ncc(N[C@@H]3C[C@H]4C[C@H]([C@@H]3C)C4(C)C)c(Br)c2=O)CCC1. The van der Waals surface area contributed by atoms with Crippen LogP contribution < -0.4 is 10.9 Å². The summed E-state index contributed by atoms with van der Waals surface area (Å²) in [4.78, 5) is 25.5. The molecule has 0 aliphatic heterocycles. The number of esters is 1. The highest BCUT2D eigenvalue weighted by molar-refractivity contribution is 9.10. The maximum Gasteiger partial charge on any atom is 0.334 e. The van der Waals surface area contributed by atoms with Crippen LogP contribution in [0.3, 0.4) is 0 Å². The first-order valence-electron chi connectivity index (χ1n) is 10.4. The second-order valence-electron chi connectivity index (χ2n) is 9.40. The molecule has 0 aromatic carbocycles. The fourth-order valence-electron chi connectivity index (χ4n) is 5.66. The summed E-state index contributed by atoms with van der Waals surface area (Å²) in [6.45, 7) is 9.15. The van der Waals surface area contributed by atoms with Crippen LogP contribution in [0, 0.1) is 23.2 Å². The highest BCUT2D eigenvalue weighted by Gasteiger charge is 2.56. The molecule has 4 saturated carbocycles. The van der Waals surface area contributed by atoms with Crippen molar-refractivity contribution in [3.63, 3.8) is 0 Å². The minimum Gasteiger partial charge on any atom is -0.464 e. The largest absolute Gasteiger partial charge is 0.464 e. The van der Waals surface area contributed by atoms with Crippen LogP contribution in [0.2, 0.25) is 0 Å². The fourth-order valence-corrected chi connectivity index (χ4v) is 6.04. The van der Waals surface area contributed by atoms with E-state index in [1.165, 1.54) is 11.1 Å². The third-order valence-electron chi connectivity index (χ3n) is 7.86. The lowest BCUT2D eigenvalue weighted by atomic mass is 9.45. The van der Waals surface area contributed by atoms with E-state index in [9.17, 15) is 9.59 Å². The number of hydrogen-bond donors (Lipinski definition) is 1. The number of hydrogen-bond acceptors (Lipinski definition) is 5. The van der Waals surface area contributed by atoms with E-state index in [1.807, 2.05) is 0 Å². The molecule has 4 aliphatic rings. The molecule has 1 heterocycles. The summed E-state index contributed by atoms with van der Waals surface area (Å²) < 4.78 is 7.01. The zero-order valence-corrected chi connectivity index (χ0v) is 18.7. The molecule has 1 aromatic heterocycles. The first-order valence-corrected chi connectivity index (χ1v) is 11.2. The molecule has 6 nitrogen and oxygen atoms in total. The topological polar surface area (TPSA) is 73.2 Å². The quantitative estimate of drug-likeness (QED) is 0.686. The van der Waals surface area contributed by atoms with Gasteiger partial charge in [0.15, 0.2) is 5.54 Å². The number of fused-ring (bicyclic) bond motifs is 2. The summed E-state index contributed by atoms with van der Waals surface area (Å²) >= 11 is 3.47. The van der Waals surface area contributed by atoms with Crippen LogP contribution in [0.25, 0.3) is 0 Å². The van der Waals surface area contributed by atoms with Crippen LogP contribution in [-0.2, 0) is 15.1 Å². The van der Waals surface area contributed by atoms with Crippen molar-refractivity contribution in [3.05, 3.63) is 21.0 Å². The predicted octanol–water partition coefficient (Wildman–Crippen LogP) is 3.93. The zero-order valence-electron chi connectivity index (χ0n) is 17.1. The van der Waals surface area contributed by atoms with Crippen LogP contribution in [-0.4, -0.2) is 28.4 Å². The van der Waals surface area contributed by atoms with Gasteiger partial charge in [-0.15, -0.1) is 0 Å². The Morgan fingerprint density at radius 3 is 2.64 bits per heavy atom. The molecule has 4 fully saturated rings. The van der Waals surface area contributed by atoms with Gasteiger partial charge in [0, 0.05) is 6.04 Å². The number of nitrogens with zero attached hydrogens (tertiary/aromatic N) is 2. The van der Waals surface area contributed by atoms with Gasteiger partial charge in [-0.05, 0) is 78.1 Å². The normalized spacial score (nSPS) is 32.0. The number of rotatable bonds is 5. The van der Waals surface area contributed by atoms with Gasteiger partial charge in [-0.2, -0.15) is 5.10 Å². The minimum absolute atomic E-state index is 0.272. The predicted molar refractivity (Wildman–Crippen MR) is 111 cm³/mol. The monoisotopic (exact) mass is 451 g/mol. The summed E-state index contributed by atoms with van der Waals surface area (Å²) in [5.41, 5.74) is -0.0766. The van der Waals surface area contributed by atoms with Gasteiger partial charge in [0.05, 0.1) is 18.5 Å². The van der Waals surface area contributed by atoms with Gasteiger partial charge in [0.25, 0.3) is 5.56 Å². The molecule has 0 saturated heterocycles. The van der Waals surface area contributed by atoms with Crippen molar-refractivity contribution >= 4 is 27.6 Å². The number of halogens is 1. The summed E-state index contributed by atoms with van der Waals surface area (Å²) in [6, 6.07) is 0.341. The van der Waals surface area contributed by atoms with Crippen molar-refractivity contribution in [1.29, 1.82) is 0 Å². The standard InChI is InChI=1S/C21H30BrN3O3/c1-5-28-19(27)21(7-6-8-21)25-18(26)17(22)16(11-23-25)24-15-10-13-9-14(12(15)2)20(13,3)4/h11-15,24H,5-10H2,1-4H3/t12-,13+,14+,15+/m0/s1. The Kier molecular flexibility index (Phi) is 4.88. The molecule has 2 bridgehead atoms. The lowest BCUT2D eigenvalue weighted by molar-refractivity contribution is -0.160. The Bertz CT molecular complexity index is 846. The van der Waals surface area contributed by atoms with Gasteiger partial charge in [0.2, 0.25) is 0 Å². The number of carbonyl (C=O) groups is 1. The van der Waals surface area contributed by atoms with E-state index in [2.05, 4.69) is 47.1 Å². The number of aromatic nitrogens is 2. The van der Waals surface area contributed by atoms with Crippen LogP contribution >= 0.6 is 15.9 Å². The Morgan fingerprint density at radius 1 is 1.39 bits per heavy atom. The molecule has 4 atom stereocenters. The number of nitrogens with one attached hydrogen (secondary N) is 1. The van der Waals surface area contributed by atoms with Crippen molar-refractivity contribution in [2.75, 3.05) is 11.9 Å². The van der Waals surface area contributed by atoms with Crippen LogP contribution in [0.4, 0.5) is 5.69 Å². The average molecular weight is 452 g/mol. The van der Waals surface area contributed by atoms with Crippen molar-refractivity contribution in [3.8, 4) is 0 Å². The number of ether oxygens (including phenoxy) is 1. The molecule has 28 heavy (non-hydrogen) atoms.